The highest BCUT2D eigenvalue weighted by Crippen LogP contribution is 2.18. The summed E-state index contributed by atoms with van der Waals surface area (Å²) >= 11 is 0. The first-order valence-corrected chi connectivity index (χ1v) is 5.68. The number of carbonyl (C=O) groups is 2. The predicted octanol–water partition coefficient (Wildman–Crippen LogP) is 1.99. The summed E-state index contributed by atoms with van der Waals surface area (Å²) in [5.74, 6) is -0.798. The Morgan fingerprint density at radius 3 is 2.19 bits per heavy atom. The summed E-state index contributed by atoms with van der Waals surface area (Å²) in [6, 6.07) is 0. The number of nitrogens with zero attached hydrogens (tertiary/aromatic N) is 1. The van der Waals surface area contributed by atoms with Gasteiger partial charge >= 0.3 is 5.97 Å². The molecule has 0 aliphatic rings. The summed E-state index contributed by atoms with van der Waals surface area (Å²) in [6.07, 6.45) is 1.96. The summed E-state index contributed by atoms with van der Waals surface area (Å²) in [5, 5.41) is 8.93. The van der Waals surface area contributed by atoms with Gasteiger partial charge in [-0.2, -0.15) is 0 Å². The maximum atomic E-state index is 11.8. The lowest BCUT2D eigenvalue weighted by atomic mass is 9.92. The van der Waals surface area contributed by atoms with Crippen molar-refractivity contribution in [3.8, 4) is 0 Å². The average Bonchev–Trinajstić information content (AvgIpc) is 2.15. The van der Waals surface area contributed by atoms with Gasteiger partial charge in [0.25, 0.3) is 0 Å². The van der Waals surface area contributed by atoms with E-state index in [0.717, 1.165) is 12.8 Å². The highest BCUT2D eigenvalue weighted by Gasteiger charge is 2.37. The smallest absolute Gasteiger partial charge is 0.318 e. The number of amides is 1. The van der Waals surface area contributed by atoms with Crippen molar-refractivity contribution in [3.63, 3.8) is 0 Å². The average molecular weight is 229 g/mol. The van der Waals surface area contributed by atoms with Crippen LogP contribution in [0.5, 0.6) is 0 Å². The lowest BCUT2D eigenvalue weighted by Gasteiger charge is -2.26. The van der Waals surface area contributed by atoms with E-state index in [4.69, 9.17) is 5.11 Å². The molecule has 0 atom stereocenters. The molecule has 0 aromatic carbocycles. The van der Waals surface area contributed by atoms with Gasteiger partial charge in [-0.25, -0.2) is 0 Å². The SMILES string of the molecule is CC(C)CCCN(C)C(=O)C(C)(C)C(=O)O. The number of aliphatic carboxylic acids is 1. The van der Waals surface area contributed by atoms with Gasteiger partial charge in [-0.1, -0.05) is 13.8 Å². The molecule has 16 heavy (non-hydrogen) atoms. The number of hydrogen-bond acceptors (Lipinski definition) is 2. The molecule has 0 bridgehead atoms. The molecule has 0 rings (SSSR count). The molecule has 4 nitrogen and oxygen atoms in total. The number of carboxylic acids is 1. The van der Waals surface area contributed by atoms with Gasteiger partial charge in [0.2, 0.25) is 5.91 Å². The molecule has 1 N–H and O–H groups in total. The normalized spacial score (nSPS) is 11.6. The zero-order valence-electron chi connectivity index (χ0n) is 10.9. The second-order valence-corrected chi connectivity index (χ2v) is 5.19. The Balaban J connectivity index is 4.24. The van der Waals surface area contributed by atoms with Crippen molar-refractivity contribution in [3.05, 3.63) is 0 Å². The van der Waals surface area contributed by atoms with Crippen LogP contribution in [-0.2, 0) is 9.59 Å². The van der Waals surface area contributed by atoms with Crippen molar-refractivity contribution in [2.75, 3.05) is 13.6 Å². The van der Waals surface area contributed by atoms with E-state index in [1.165, 1.54) is 18.7 Å². The van der Waals surface area contributed by atoms with Gasteiger partial charge in [0.15, 0.2) is 0 Å². The monoisotopic (exact) mass is 229 g/mol. The molecular weight excluding hydrogens is 206 g/mol. The molecule has 0 aliphatic carbocycles. The Hall–Kier alpha value is -1.06. The van der Waals surface area contributed by atoms with Crippen LogP contribution in [0, 0.1) is 11.3 Å². The molecule has 94 valence electrons. The summed E-state index contributed by atoms with van der Waals surface area (Å²) < 4.78 is 0. The molecule has 0 aromatic rings. The molecule has 0 unspecified atom stereocenters. The van der Waals surface area contributed by atoms with E-state index >= 15 is 0 Å². The molecule has 0 saturated carbocycles. The quantitative estimate of drug-likeness (QED) is 0.709. The van der Waals surface area contributed by atoms with Crippen LogP contribution in [0.1, 0.15) is 40.5 Å². The summed E-state index contributed by atoms with van der Waals surface area (Å²) in [6.45, 7) is 7.76. The zero-order chi connectivity index (χ0) is 12.9. The van der Waals surface area contributed by atoms with E-state index < -0.39 is 11.4 Å². The molecule has 0 heterocycles. The minimum absolute atomic E-state index is 0.330. The van der Waals surface area contributed by atoms with Crippen molar-refractivity contribution < 1.29 is 14.7 Å². The second-order valence-electron chi connectivity index (χ2n) is 5.19. The summed E-state index contributed by atoms with van der Waals surface area (Å²) in [4.78, 5) is 24.2. The zero-order valence-corrected chi connectivity index (χ0v) is 10.9. The van der Waals surface area contributed by atoms with Gasteiger partial charge in [-0.05, 0) is 32.6 Å². The minimum Gasteiger partial charge on any atom is -0.480 e. The van der Waals surface area contributed by atoms with Gasteiger partial charge in [0.05, 0.1) is 0 Å². The summed E-state index contributed by atoms with van der Waals surface area (Å²) in [7, 11) is 1.66. The van der Waals surface area contributed by atoms with Gasteiger partial charge in [-0.3, -0.25) is 9.59 Å². The molecule has 0 fully saturated rings. The molecule has 0 aliphatic heterocycles. The lowest BCUT2D eigenvalue weighted by molar-refractivity contribution is -0.157. The molecular formula is C12H23NO3. The number of rotatable bonds is 6. The largest absolute Gasteiger partial charge is 0.480 e. The van der Waals surface area contributed by atoms with Crippen LogP contribution in [0.15, 0.2) is 0 Å². The summed E-state index contributed by atoms with van der Waals surface area (Å²) in [5.41, 5.74) is -1.33. The Labute approximate surface area is 97.6 Å². The fourth-order valence-electron chi connectivity index (χ4n) is 1.41. The van der Waals surface area contributed by atoms with E-state index in [-0.39, 0.29) is 5.91 Å². The van der Waals surface area contributed by atoms with E-state index in [1.54, 1.807) is 7.05 Å². The molecule has 4 heteroatoms. The van der Waals surface area contributed by atoms with Crippen LogP contribution in [0.25, 0.3) is 0 Å². The number of hydrogen-bond donors (Lipinski definition) is 1. The predicted molar refractivity (Wildman–Crippen MR) is 63.1 cm³/mol. The fourth-order valence-corrected chi connectivity index (χ4v) is 1.41. The Morgan fingerprint density at radius 1 is 1.31 bits per heavy atom. The lowest BCUT2D eigenvalue weighted by Crippen LogP contribution is -2.43. The van der Waals surface area contributed by atoms with E-state index in [2.05, 4.69) is 13.8 Å². The van der Waals surface area contributed by atoms with Crippen molar-refractivity contribution in [2.45, 2.75) is 40.5 Å². The maximum Gasteiger partial charge on any atom is 0.318 e. The fraction of sp³-hybridized carbons (Fsp3) is 0.833. The van der Waals surface area contributed by atoms with Crippen LogP contribution in [0.2, 0.25) is 0 Å². The molecule has 1 amide bonds. The molecule has 0 spiro atoms. The van der Waals surface area contributed by atoms with Gasteiger partial charge in [0, 0.05) is 13.6 Å². The van der Waals surface area contributed by atoms with Crippen LogP contribution in [0.3, 0.4) is 0 Å². The first-order valence-electron chi connectivity index (χ1n) is 5.68. The molecule has 0 radical (unpaired) electrons. The third kappa shape index (κ3) is 4.21. The molecule has 0 aromatic heterocycles. The van der Waals surface area contributed by atoms with E-state index in [0.29, 0.717) is 12.5 Å². The van der Waals surface area contributed by atoms with Gasteiger partial charge in [-0.15, -0.1) is 0 Å². The maximum absolute atomic E-state index is 11.8. The van der Waals surface area contributed by atoms with Crippen molar-refractivity contribution >= 4 is 11.9 Å². The van der Waals surface area contributed by atoms with E-state index in [9.17, 15) is 9.59 Å². The number of carboxylic acid groups (broad SMARTS) is 1. The first kappa shape index (κ1) is 14.9. The first-order chi connectivity index (χ1) is 7.19. The third-order valence-electron chi connectivity index (χ3n) is 2.69. The Bertz CT molecular complexity index is 259. The number of carbonyl (C=O) groups excluding carboxylic acids is 1. The highest BCUT2D eigenvalue weighted by molar-refractivity contribution is 6.00. The Morgan fingerprint density at radius 2 is 1.81 bits per heavy atom. The topological polar surface area (TPSA) is 57.6 Å². The third-order valence-corrected chi connectivity index (χ3v) is 2.69. The van der Waals surface area contributed by atoms with Crippen molar-refractivity contribution in [1.82, 2.24) is 4.90 Å². The standard InChI is InChI=1S/C12H23NO3/c1-9(2)7-6-8-13(5)10(14)12(3,4)11(15)16/h9H,6-8H2,1-5H3,(H,15,16). The highest BCUT2D eigenvalue weighted by atomic mass is 16.4. The van der Waals surface area contributed by atoms with Crippen molar-refractivity contribution in [2.24, 2.45) is 11.3 Å². The van der Waals surface area contributed by atoms with E-state index in [1.807, 2.05) is 0 Å². The molecule has 0 saturated heterocycles. The van der Waals surface area contributed by atoms with Crippen LogP contribution in [0.4, 0.5) is 0 Å². The van der Waals surface area contributed by atoms with Crippen LogP contribution < -0.4 is 0 Å². The van der Waals surface area contributed by atoms with Crippen LogP contribution >= 0.6 is 0 Å². The second kappa shape index (κ2) is 5.87. The van der Waals surface area contributed by atoms with Crippen LogP contribution in [-0.4, -0.2) is 35.5 Å². The Kier molecular flexibility index (Phi) is 5.48. The van der Waals surface area contributed by atoms with Gasteiger partial charge in [0.1, 0.15) is 5.41 Å². The minimum atomic E-state index is -1.33. The van der Waals surface area contributed by atoms with Crippen molar-refractivity contribution in [1.29, 1.82) is 0 Å². The van der Waals surface area contributed by atoms with Gasteiger partial charge < -0.3 is 10.0 Å².